The van der Waals surface area contributed by atoms with Crippen LogP contribution in [0.1, 0.15) is 54.4 Å². The maximum absolute atomic E-state index is 12.8. The van der Waals surface area contributed by atoms with Gasteiger partial charge < -0.3 is 5.32 Å². The van der Waals surface area contributed by atoms with E-state index in [0.717, 1.165) is 35.5 Å². The number of rotatable bonds is 4. The zero-order valence-electron chi connectivity index (χ0n) is 15.9. The molecule has 27 heavy (non-hydrogen) atoms. The van der Waals surface area contributed by atoms with Gasteiger partial charge >= 0.3 is 0 Å². The van der Waals surface area contributed by atoms with Gasteiger partial charge in [0.1, 0.15) is 0 Å². The highest BCUT2D eigenvalue weighted by Crippen LogP contribution is 2.59. The number of carbonyl (C=O) groups is 1. The molecule has 4 bridgehead atoms. The summed E-state index contributed by atoms with van der Waals surface area (Å²) in [6.07, 6.45) is 9.98. The molecule has 6 rings (SSSR count). The third kappa shape index (κ3) is 3.06. The molecule has 5 nitrogen and oxygen atoms in total. The van der Waals surface area contributed by atoms with E-state index >= 15 is 0 Å². The average Bonchev–Trinajstić information content (AvgIpc) is 3.02. The number of fused-ring (bicyclic) bond motifs is 1. The second-order valence-electron chi connectivity index (χ2n) is 9.53. The monoisotopic (exact) mass is 388 g/mol. The molecule has 0 atom stereocenters. The summed E-state index contributed by atoms with van der Waals surface area (Å²) in [4.78, 5) is 12.8. The van der Waals surface area contributed by atoms with Crippen molar-refractivity contribution in [3.63, 3.8) is 0 Å². The zero-order chi connectivity index (χ0) is 18.8. The van der Waals surface area contributed by atoms with E-state index in [4.69, 9.17) is 0 Å². The van der Waals surface area contributed by atoms with Crippen molar-refractivity contribution in [2.24, 2.45) is 23.2 Å². The number of amides is 1. The van der Waals surface area contributed by atoms with Crippen LogP contribution in [0.3, 0.4) is 0 Å². The summed E-state index contributed by atoms with van der Waals surface area (Å²) in [7, 11) is -3.25. The molecule has 146 valence electrons. The molecular formula is C21H28N2O3S. The largest absolute Gasteiger partial charge is 0.351 e. The van der Waals surface area contributed by atoms with Crippen LogP contribution >= 0.6 is 0 Å². The fourth-order valence-electron chi connectivity index (χ4n) is 6.73. The second-order valence-corrected chi connectivity index (χ2v) is 11.4. The highest BCUT2D eigenvalue weighted by atomic mass is 32.2. The van der Waals surface area contributed by atoms with E-state index < -0.39 is 10.0 Å². The van der Waals surface area contributed by atoms with Crippen molar-refractivity contribution in [3.8, 4) is 0 Å². The molecule has 1 aliphatic heterocycles. The number of anilines is 1. The summed E-state index contributed by atoms with van der Waals surface area (Å²) in [5.41, 5.74) is 2.64. The highest BCUT2D eigenvalue weighted by Gasteiger charge is 2.50. The summed E-state index contributed by atoms with van der Waals surface area (Å²) < 4.78 is 25.2. The maximum Gasteiger partial charge on any atom is 0.251 e. The lowest BCUT2D eigenvalue weighted by Crippen LogP contribution is -2.51. The molecule has 0 aromatic heterocycles. The maximum atomic E-state index is 12.8. The SMILES string of the molecule is CS(=O)(=O)N1CCc2cc(C(=O)NCC34CC5CC(CC(C5)C3)C4)ccc21. The number of carbonyl (C=O) groups excluding carboxylic acids is 1. The first kappa shape index (κ1) is 17.5. The lowest BCUT2D eigenvalue weighted by molar-refractivity contribution is -0.0503. The molecule has 0 radical (unpaired) electrons. The van der Waals surface area contributed by atoms with Gasteiger partial charge in [-0.25, -0.2) is 8.42 Å². The molecular weight excluding hydrogens is 360 g/mol. The number of hydrogen-bond acceptors (Lipinski definition) is 3. The Bertz CT molecular complexity index is 857. The molecule has 1 amide bonds. The van der Waals surface area contributed by atoms with Crippen molar-refractivity contribution < 1.29 is 13.2 Å². The minimum Gasteiger partial charge on any atom is -0.351 e. The van der Waals surface area contributed by atoms with Gasteiger partial charge in [0.2, 0.25) is 10.0 Å². The van der Waals surface area contributed by atoms with E-state index in [1.54, 1.807) is 12.1 Å². The lowest BCUT2D eigenvalue weighted by Gasteiger charge is -2.56. The Morgan fingerprint density at radius 1 is 1.15 bits per heavy atom. The fraction of sp³-hybridized carbons (Fsp3) is 0.667. The van der Waals surface area contributed by atoms with Crippen LogP contribution in [0.25, 0.3) is 0 Å². The first-order valence-electron chi connectivity index (χ1n) is 10.2. The van der Waals surface area contributed by atoms with Gasteiger partial charge in [-0.3, -0.25) is 9.10 Å². The fourth-order valence-corrected chi connectivity index (χ4v) is 7.69. The Kier molecular flexibility index (Phi) is 3.87. The summed E-state index contributed by atoms with van der Waals surface area (Å²) in [5.74, 6) is 2.63. The Morgan fingerprint density at radius 3 is 2.37 bits per heavy atom. The summed E-state index contributed by atoms with van der Waals surface area (Å²) >= 11 is 0. The highest BCUT2D eigenvalue weighted by molar-refractivity contribution is 7.92. The topological polar surface area (TPSA) is 66.5 Å². The van der Waals surface area contributed by atoms with Crippen molar-refractivity contribution in [1.82, 2.24) is 5.32 Å². The van der Waals surface area contributed by atoms with Gasteiger partial charge in [-0.05, 0) is 91.9 Å². The predicted molar refractivity (Wildman–Crippen MR) is 105 cm³/mol. The van der Waals surface area contributed by atoms with E-state index in [1.165, 1.54) is 49.1 Å². The van der Waals surface area contributed by atoms with Gasteiger partial charge in [-0.1, -0.05) is 0 Å². The minimum absolute atomic E-state index is 0.0219. The third-order valence-electron chi connectivity index (χ3n) is 7.38. The Morgan fingerprint density at radius 2 is 1.78 bits per heavy atom. The molecule has 4 aliphatic carbocycles. The van der Waals surface area contributed by atoms with Crippen molar-refractivity contribution in [1.29, 1.82) is 0 Å². The van der Waals surface area contributed by atoms with Crippen molar-refractivity contribution >= 4 is 21.6 Å². The van der Waals surface area contributed by atoms with Crippen molar-refractivity contribution in [2.75, 3.05) is 23.7 Å². The molecule has 6 heteroatoms. The lowest BCUT2D eigenvalue weighted by atomic mass is 9.49. The van der Waals surface area contributed by atoms with E-state index in [0.29, 0.717) is 23.9 Å². The molecule has 1 aromatic carbocycles. The first-order valence-corrected chi connectivity index (χ1v) is 12.1. The van der Waals surface area contributed by atoms with E-state index in [9.17, 15) is 13.2 Å². The molecule has 1 heterocycles. The number of nitrogens with zero attached hydrogens (tertiary/aromatic N) is 1. The molecule has 1 aromatic rings. The Hall–Kier alpha value is -1.56. The standard InChI is InChI=1S/C21H28N2O3S/c1-27(25,26)23-5-4-17-9-18(2-3-19(17)23)20(24)22-13-21-10-14-6-15(11-21)8-16(7-14)12-21/h2-3,9,14-16H,4-8,10-13H2,1H3,(H,22,24). The number of sulfonamides is 1. The molecule has 0 spiro atoms. The molecule has 0 saturated heterocycles. The van der Waals surface area contributed by atoms with Gasteiger partial charge in [0.15, 0.2) is 0 Å². The van der Waals surface area contributed by atoms with Gasteiger partial charge in [-0.2, -0.15) is 0 Å². The molecule has 5 aliphatic rings. The van der Waals surface area contributed by atoms with Crippen molar-refractivity contribution in [3.05, 3.63) is 29.3 Å². The van der Waals surface area contributed by atoms with Crippen molar-refractivity contribution in [2.45, 2.75) is 44.9 Å². The van der Waals surface area contributed by atoms with Crippen LogP contribution in [0.2, 0.25) is 0 Å². The normalized spacial score (nSPS) is 34.0. The summed E-state index contributed by atoms with van der Waals surface area (Å²) in [6.45, 7) is 1.26. The number of nitrogens with one attached hydrogen (secondary N) is 1. The number of benzene rings is 1. The van der Waals surface area contributed by atoms with E-state index in [-0.39, 0.29) is 5.91 Å². The summed E-state index contributed by atoms with van der Waals surface area (Å²) in [5, 5.41) is 3.22. The van der Waals surface area contributed by atoms with Crippen LogP contribution in [0, 0.1) is 23.2 Å². The zero-order valence-corrected chi connectivity index (χ0v) is 16.7. The first-order chi connectivity index (χ1) is 12.8. The van der Waals surface area contributed by atoms with Crippen LogP contribution in [0.15, 0.2) is 18.2 Å². The van der Waals surface area contributed by atoms with E-state index in [2.05, 4.69) is 5.32 Å². The van der Waals surface area contributed by atoms with Crippen LogP contribution in [-0.4, -0.2) is 33.7 Å². The predicted octanol–water partition coefficient (Wildman–Crippen LogP) is 2.95. The van der Waals surface area contributed by atoms with Crippen LogP contribution in [0.4, 0.5) is 5.69 Å². The van der Waals surface area contributed by atoms with Gasteiger partial charge in [-0.15, -0.1) is 0 Å². The Labute approximate surface area is 161 Å². The smallest absolute Gasteiger partial charge is 0.251 e. The quantitative estimate of drug-likeness (QED) is 0.862. The molecule has 4 fully saturated rings. The van der Waals surface area contributed by atoms with Crippen LogP contribution in [-0.2, 0) is 16.4 Å². The van der Waals surface area contributed by atoms with Gasteiger partial charge in [0.25, 0.3) is 5.91 Å². The summed E-state index contributed by atoms with van der Waals surface area (Å²) in [6, 6.07) is 5.41. The van der Waals surface area contributed by atoms with Crippen LogP contribution < -0.4 is 9.62 Å². The second kappa shape index (κ2) is 5.97. The minimum atomic E-state index is -3.25. The average molecular weight is 389 g/mol. The Balaban J connectivity index is 1.29. The molecule has 1 N–H and O–H groups in total. The molecule has 4 saturated carbocycles. The third-order valence-corrected chi connectivity index (χ3v) is 8.56. The number of hydrogen-bond donors (Lipinski definition) is 1. The van der Waals surface area contributed by atoms with E-state index in [1.807, 2.05) is 6.07 Å². The van der Waals surface area contributed by atoms with Crippen LogP contribution in [0.5, 0.6) is 0 Å². The molecule has 0 unspecified atom stereocenters. The van der Waals surface area contributed by atoms with Gasteiger partial charge in [0, 0.05) is 18.7 Å². The van der Waals surface area contributed by atoms with Gasteiger partial charge in [0.05, 0.1) is 11.9 Å².